The topological polar surface area (TPSA) is 127 Å². The molecule has 4 aromatic rings. The Bertz CT molecular complexity index is 1570. The van der Waals surface area contributed by atoms with Crippen molar-refractivity contribution in [3.8, 4) is 5.88 Å². The van der Waals surface area contributed by atoms with Gasteiger partial charge in [-0.2, -0.15) is 0 Å². The molecule has 1 aliphatic rings. The number of aliphatic imine (C=N–C) groups is 1. The number of amides is 1. The molecule has 41 heavy (non-hydrogen) atoms. The lowest BCUT2D eigenvalue weighted by Crippen LogP contribution is -2.45. The molecule has 1 aromatic heterocycles. The maximum atomic E-state index is 12.9. The summed E-state index contributed by atoms with van der Waals surface area (Å²) in [6.45, 7) is 4.34. The third-order valence-corrected chi connectivity index (χ3v) is 7.52. The van der Waals surface area contributed by atoms with Crippen molar-refractivity contribution < 1.29 is 24.5 Å². The molecule has 5 rings (SSSR count). The van der Waals surface area contributed by atoms with Crippen LogP contribution >= 0.6 is 0 Å². The second-order valence-corrected chi connectivity index (χ2v) is 10.2. The predicted molar refractivity (Wildman–Crippen MR) is 158 cm³/mol. The van der Waals surface area contributed by atoms with E-state index in [-0.39, 0.29) is 24.4 Å². The van der Waals surface area contributed by atoms with E-state index in [0.717, 1.165) is 36.9 Å². The number of rotatable bonds is 8. The summed E-state index contributed by atoms with van der Waals surface area (Å²) in [5, 5.41) is 24.0. The maximum Gasteiger partial charge on any atom is 0.338 e. The number of aromatic nitrogens is 1. The molecule has 1 aliphatic heterocycles. The number of esters is 1. The minimum Gasteiger partial charge on any atom is -0.494 e. The van der Waals surface area contributed by atoms with E-state index >= 15 is 0 Å². The van der Waals surface area contributed by atoms with Crippen LogP contribution in [0.2, 0.25) is 0 Å². The van der Waals surface area contributed by atoms with Crippen LogP contribution in [-0.4, -0.2) is 77.1 Å². The average molecular weight is 555 g/mol. The molecule has 4 N–H and O–H groups in total. The highest BCUT2D eigenvalue weighted by atomic mass is 16.5. The van der Waals surface area contributed by atoms with Crippen molar-refractivity contribution in [2.45, 2.75) is 25.8 Å². The zero-order valence-corrected chi connectivity index (χ0v) is 23.2. The zero-order valence-electron chi connectivity index (χ0n) is 23.2. The number of methoxy groups -OCH3 is 1. The second kappa shape index (κ2) is 12.4. The van der Waals surface area contributed by atoms with Gasteiger partial charge in [0.05, 0.1) is 36.2 Å². The molecule has 1 amide bonds. The van der Waals surface area contributed by atoms with E-state index in [1.807, 2.05) is 43.3 Å². The van der Waals surface area contributed by atoms with Gasteiger partial charge in [0.15, 0.2) is 5.88 Å². The van der Waals surface area contributed by atoms with E-state index < -0.39 is 5.97 Å². The van der Waals surface area contributed by atoms with Gasteiger partial charge < -0.3 is 30.2 Å². The maximum absolute atomic E-state index is 12.9. The van der Waals surface area contributed by atoms with Crippen LogP contribution in [0.15, 0.2) is 71.7 Å². The van der Waals surface area contributed by atoms with Crippen molar-refractivity contribution in [3.63, 3.8) is 0 Å². The van der Waals surface area contributed by atoms with Crippen LogP contribution in [0.4, 0.5) is 5.69 Å². The Balaban J connectivity index is 1.44. The van der Waals surface area contributed by atoms with Gasteiger partial charge in [-0.25, -0.2) is 9.79 Å². The van der Waals surface area contributed by atoms with Crippen molar-refractivity contribution in [1.82, 2.24) is 15.2 Å². The van der Waals surface area contributed by atoms with Gasteiger partial charge in [-0.3, -0.25) is 4.79 Å². The number of carbonyl (C=O) groups is 2. The number of likely N-dealkylation sites (tertiary alicyclic amines) is 1. The normalized spacial score (nSPS) is 14.8. The molecule has 3 aromatic carbocycles. The highest BCUT2D eigenvalue weighted by Gasteiger charge is 2.23. The predicted octanol–water partition coefficient (Wildman–Crippen LogP) is 4.32. The third-order valence-electron chi connectivity index (χ3n) is 7.52. The summed E-state index contributed by atoms with van der Waals surface area (Å²) in [6, 6.07) is 20.2. The number of aromatic amines is 1. The number of β-amino-alcohol motifs (C(OH)–C–C–N with tert-alkyl or cyclic N) is 1. The summed E-state index contributed by atoms with van der Waals surface area (Å²) in [5.74, 6) is -0.645. The fourth-order valence-electron chi connectivity index (χ4n) is 5.29. The smallest absolute Gasteiger partial charge is 0.338 e. The number of aromatic hydroxyl groups is 1. The first-order valence-corrected chi connectivity index (χ1v) is 13.7. The minimum atomic E-state index is -0.451. The van der Waals surface area contributed by atoms with Crippen LogP contribution in [0.25, 0.3) is 10.9 Å². The summed E-state index contributed by atoms with van der Waals surface area (Å²) in [7, 11) is 1.34. The molecule has 2 heterocycles. The van der Waals surface area contributed by atoms with Crippen molar-refractivity contribution in [2.24, 2.45) is 4.99 Å². The lowest BCUT2D eigenvalue weighted by molar-refractivity contribution is 0.0600. The van der Waals surface area contributed by atoms with Crippen molar-refractivity contribution in [2.75, 3.05) is 33.4 Å². The first kappa shape index (κ1) is 28.1. The molecule has 0 unspecified atom stereocenters. The monoisotopic (exact) mass is 554 g/mol. The van der Waals surface area contributed by atoms with E-state index in [9.17, 15) is 14.7 Å². The quantitative estimate of drug-likeness (QED) is 0.190. The zero-order chi connectivity index (χ0) is 28.9. The third kappa shape index (κ3) is 6.16. The number of nitrogens with one attached hydrogen (secondary N) is 2. The fourth-order valence-corrected chi connectivity index (χ4v) is 5.29. The van der Waals surface area contributed by atoms with Gasteiger partial charge in [-0.15, -0.1) is 0 Å². The number of H-pyrrole nitrogens is 1. The van der Waals surface area contributed by atoms with E-state index in [1.165, 1.54) is 7.11 Å². The lowest BCUT2D eigenvalue weighted by Gasteiger charge is -2.31. The average Bonchev–Trinajstić information content (AvgIpc) is 3.31. The van der Waals surface area contributed by atoms with Crippen LogP contribution in [0, 0.1) is 6.92 Å². The van der Waals surface area contributed by atoms with Gasteiger partial charge in [0.2, 0.25) is 0 Å². The van der Waals surface area contributed by atoms with E-state index in [1.54, 1.807) is 30.3 Å². The first-order chi connectivity index (χ1) is 19.9. The van der Waals surface area contributed by atoms with Crippen LogP contribution < -0.4 is 5.32 Å². The molecular weight excluding hydrogens is 520 g/mol. The second-order valence-electron chi connectivity index (χ2n) is 10.2. The molecule has 0 bridgehead atoms. The fraction of sp³-hybridized carbons (Fsp3) is 0.281. The first-order valence-electron chi connectivity index (χ1n) is 13.7. The standard InChI is InChI=1S/C32H34N4O5/c1-20-18-26-27(19-25(20)32(40)41-2)35-31(39)28(26)29(21-6-4-3-5-7-21)33-23-10-8-22(9-11-23)30(38)34-24-12-14-36(15-13-24)16-17-37/h3-11,18-19,24,35,37,39H,12-17H2,1-2H3,(H,34,38). The number of hydrogen-bond acceptors (Lipinski definition) is 7. The van der Waals surface area contributed by atoms with Crippen molar-refractivity contribution >= 4 is 34.2 Å². The number of nitrogens with zero attached hydrogens (tertiary/aromatic N) is 2. The summed E-state index contributed by atoms with van der Waals surface area (Å²) in [5.41, 5.74) is 4.74. The number of ether oxygens (including phenoxy) is 1. The van der Waals surface area contributed by atoms with Gasteiger partial charge >= 0.3 is 5.97 Å². The molecule has 0 atom stereocenters. The van der Waals surface area contributed by atoms with Crippen LogP contribution in [0.5, 0.6) is 5.88 Å². The Hall–Kier alpha value is -4.47. The number of aliphatic hydroxyl groups is 1. The molecule has 9 nitrogen and oxygen atoms in total. The van der Waals surface area contributed by atoms with Gasteiger partial charge in [-0.05, 0) is 61.7 Å². The number of aliphatic hydroxyl groups excluding tert-OH is 1. The highest BCUT2D eigenvalue weighted by molar-refractivity contribution is 6.22. The largest absolute Gasteiger partial charge is 0.494 e. The Morgan fingerprint density at radius 1 is 1.05 bits per heavy atom. The van der Waals surface area contributed by atoms with Crippen LogP contribution in [0.3, 0.4) is 0 Å². The van der Waals surface area contributed by atoms with Gasteiger partial charge in [-0.1, -0.05) is 30.3 Å². The number of hydrogen-bond donors (Lipinski definition) is 4. The van der Waals surface area contributed by atoms with E-state index in [0.29, 0.717) is 45.7 Å². The number of aryl methyl sites for hydroxylation is 1. The van der Waals surface area contributed by atoms with E-state index in [4.69, 9.17) is 14.8 Å². The Morgan fingerprint density at radius 3 is 2.41 bits per heavy atom. The highest BCUT2D eigenvalue weighted by Crippen LogP contribution is 2.33. The molecule has 212 valence electrons. The Morgan fingerprint density at radius 2 is 1.76 bits per heavy atom. The SMILES string of the molecule is COC(=O)c1cc2[nH]c(O)c(C(=Nc3ccc(C(=O)NC4CCN(CCO)CC4)cc3)c3ccccc3)c2cc1C. The lowest BCUT2D eigenvalue weighted by atomic mass is 9.98. The number of benzene rings is 3. The summed E-state index contributed by atoms with van der Waals surface area (Å²) in [4.78, 5) is 35.2. The summed E-state index contributed by atoms with van der Waals surface area (Å²) >= 11 is 0. The van der Waals surface area contributed by atoms with Gasteiger partial charge in [0.25, 0.3) is 5.91 Å². The van der Waals surface area contributed by atoms with E-state index in [2.05, 4.69) is 15.2 Å². The summed E-state index contributed by atoms with van der Waals surface area (Å²) in [6.07, 6.45) is 1.70. The number of carbonyl (C=O) groups excluding carboxylic acids is 2. The van der Waals surface area contributed by atoms with Gasteiger partial charge in [0.1, 0.15) is 0 Å². The molecule has 0 spiro atoms. The molecular formula is C32H34N4O5. The van der Waals surface area contributed by atoms with Gasteiger partial charge in [0, 0.05) is 47.7 Å². The number of fused-ring (bicyclic) bond motifs is 1. The van der Waals surface area contributed by atoms with Crippen molar-refractivity contribution in [3.05, 3.63) is 94.5 Å². The Labute approximate surface area is 238 Å². The minimum absolute atomic E-state index is 0.0648. The molecule has 1 saturated heterocycles. The van der Waals surface area contributed by atoms with Crippen LogP contribution in [-0.2, 0) is 4.74 Å². The molecule has 0 saturated carbocycles. The van der Waals surface area contributed by atoms with Crippen molar-refractivity contribution in [1.29, 1.82) is 0 Å². The number of piperidine rings is 1. The summed E-state index contributed by atoms with van der Waals surface area (Å²) < 4.78 is 4.90. The molecule has 0 radical (unpaired) electrons. The van der Waals surface area contributed by atoms with Crippen LogP contribution in [0.1, 0.15) is 50.2 Å². The molecule has 9 heteroatoms. The Kier molecular flexibility index (Phi) is 8.47. The molecule has 0 aliphatic carbocycles. The molecule has 1 fully saturated rings.